The number of piperidine rings is 1. The number of alkyl carbamates (subject to hydrolysis) is 1. The first-order chi connectivity index (χ1) is 17.9. The summed E-state index contributed by atoms with van der Waals surface area (Å²) >= 11 is 0. The van der Waals surface area contributed by atoms with Crippen LogP contribution < -0.4 is 5.32 Å². The lowest BCUT2D eigenvalue weighted by Gasteiger charge is -2.36. The lowest BCUT2D eigenvalue weighted by molar-refractivity contribution is -0.0506. The Bertz CT molecular complexity index is 1200. The number of carbonyl (C=O) groups excluding carboxylic acids is 1. The van der Waals surface area contributed by atoms with Crippen molar-refractivity contribution in [1.82, 2.24) is 9.62 Å². The summed E-state index contributed by atoms with van der Waals surface area (Å²) in [6.07, 6.45) is 3.36. The lowest BCUT2D eigenvalue weighted by atomic mass is 9.89. The van der Waals surface area contributed by atoms with Crippen molar-refractivity contribution in [2.75, 3.05) is 13.1 Å². The fourth-order valence-corrected chi connectivity index (χ4v) is 6.75. The van der Waals surface area contributed by atoms with Gasteiger partial charge in [0.1, 0.15) is 5.60 Å². The summed E-state index contributed by atoms with van der Waals surface area (Å²) in [7, 11) is -3.42. The van der Waals surface area contributed by atoms with Gasteiger partial charge in [0.15, 0.2) is 0 Å². The van der Waals surface area contributed by atoms with E-state index < -0.39 is 21.7 Å². The molecular formula is C27H33N3O6S. The zero-order chi connectivity index (χ0) is 25.7. The molecule has 1 saturated carbocycles. The molecule has 198 valence electrons. The highest BCUT2D eigenvalue weighted by molar-refractivity contribution is 7.88. The lowest BCUT2D eigenvalue weighted by Crippen LogP contribution is -2.47. The number of rotatable bonds is 7. The summed E-state index contributed by atoms with van der Waals surface area (Å²) in [5, 5.41) is 6.94. The highest BCUT2D eigenvalue weighted by atomic mass is 32.2. The maximum Gasteiger partial charge on any atom is 0.414 e. The highest BCUT2D eigenvalue weighted by Gasteiger charge is 2.45. The van der Waals surface area contributed by atoms with Crippen LogP contribution in [-0.2, 0) is 36.7 Å². The summed E-state index contributed by atoms with van der Waals surface area (Å²) in [5.41, 5.74) is 1.22. The minimum absolute atomic E-state index is 0.0239. The molecule has 0 aromatic heterocycles. The van der Waals surface area contributed by atoms with Gasteiger partial charge in [-0.1, -0.05) is 65.8 Å². The molecule has 10 heteroatoms. The number of sulfonamides is 1. The largest absolute Gasteiger partial charge is 0.414 e. The van der Waals surface area contributed by atoms with Crippen LogP contribution in [0.3, 0.4) is 0 Å². The molecule has 1 spiro atoms. The number of hydrogen-bond donors (Lipinski definition) is 1. The van der Waals surface area contributed by atoms with E-state index in [-0.39, 0.29) is 23.8 Å². The van der Waals surface area contributed by atoms with Crippen molar-refractivity contribution in [2.24, 2.45) is 5.16 Å². The molecule has 3 aliphatic rings. The van der Waals surface area contributed by atoms with Crippen molar-refractivity contribution >= 4 is 22.0 Å². The van der Waals surface area contributed by atoms with Gasteiger partial charge < -0.3 is 19.6 Å². The number of carbonyl (C=O) groups is 1. The Kier molecular flexibility index (Phi) is 7.78. The van der Waals surface area contributed by atoms with Crippen LogP contribution in [0.25, 0.3) is 0 Å². The van der Waals surface area contributed by atoms with E-state index in [4.69, 9.17) is 14.3 Å². The van der Waals surface area contributed by atoms with Crippen LogP contribution in [0, 0.1) is 0 Å². The van der Waals surface area contributed by atoms with Crippen molar-refractivity contribution in [3.63, 3.8) is 0 Å². The van der Waals surface area contributed by atoms with Crippen LogP contribution in [0.1, 0.15) is 49.7 Å². The zero-order valence-electron chi connectivity index (χ0n) is 20.8. The average molecular weight is 528 g/mol. The van der Waals surface area contributed by atoms with Crippen LogP contribution in [-0.4, -0.2) is 55.6 Å². The van der Waals surface area contributed by atoms with Gasteiger partial charge in [0.05, 0.1) is 30.9 Å². The number of amides is 1. The molecule has 0 radical (unpaired) electrons. The quantitative estimate of drug-likeness (QED) is 0.585. The summed E-state index contributed by atoms with van der Waals surface area (Å²) in [5.74, 6) is 0.196. The fraction of sp³-hybridized carbons (Fsp3) is 0.481. The maximum atomic E-state index is 12.9. The van der Waals surface area contributed by atoms with E-state index in [1.807, 2.05) is 60.7 Å². The molecule has 1 N–H and O–H groups in total. The summed E-state index contributed by atoms with van der Waals surface area (Å²) in [4.78, 5) is 18.3. The van der Waals surface area contributed by atoms with E-state index >= 15 is 0 Å². The Balaban J connectivity index is 1.07. The molecule has 2 fully saturated rings. The number of oxime groups is 1. The van der Waals surface area contributed by atoms with Gasteiger partial charge in [-0.25, -0.2) is 17.5 Å². The van der Waals surface area contributed by atoms with E-state index in [1.165, 1.54) is 4.31 Å². The number of benzene rings is 2. The highest BCUT2D eigenvalue weighted by Crippen LogP contribution is 2.36. The van der Waals surface area contributed by atoms with E-state index in [2.05, 4.69) is 10.5 Å². The number of hydrogen-bond acceptors (Lipinski definition) is 7. The van der Waals surface area contributed by atoms with Crippen LogP contribution in [0.15, 0.2) is 65.8 Å². The Hall–Kier alpha value is -2.95. The SMILES string of the molecule is O=C(NC1CCCC1OCc1ccccc1)OC1=NOC2(CCN(S(=O)(=O)Cc3ccccc3)CC2)C1. The van der Waals surface area contributed by atoms with Crippen molar-refractivity contribution < 1.29 is 27.5 Å². The molecule has 2 atom stereocenters. The predicted molar refractivity (Wildman–Crippen MR) is 138 cm³/mol. The zero-order valence-corrected chi connectivity index (χ0v) is 21.6. The molecule has 1 aliphatic carbocycles. The third kappa shape index (κ3) is 6.49. The van der Waals surface area contributed by atoms with Gasteiger partial charge in [-0.15, -0.1) is 0 Å². The third-order valence-corrected chi connectivity index (χ3v) is 9.16. The molecule has 5 rings (SSSR count). The molecule has 0 bridgehead atoms. The van der Waals surface area contributed by atoms with E-state index in [9.17, 15) is 13.2 Å². The molecule has 2 heterocycles. The first-order valence-corrected chi connectivity index (χ1v) is 14.4. The van der Waals surface area contributed by atoms with E-state index in [0.29, 0.717) is 39.0 Å². The Morgan fingerprint density at radius 3 is 2.41 bits per heavy atom. The molecular weight excluding hydrogens is 494 g/mol. The second kappa shape index (κ2) is 11.2. The van der Waals surface area contributed by atoms with Gasteiger partial charge in [-0.3, -0.25) is 0 Å². The van der Waals surface area contributed by atoms with Crippen molar-refractivity contribution in [3.8, 4) is 0 Å². The first kappa shape index (κ1) is 25.7. The Morgan fingerprint density at radius 2 is 1.70 bits per heavy atom. The smallest absolute Gasteiger partial charge is 0.392 e. The molecule has 1 saturated heterocycles. The van der Waals surface area contributed by atoms with Gasteiger partial charge in [0.25, 0.3) is 0 Å². The molecule has 2 aromatic rings. The van der Waals surface area contributed by atoms with E-state index in [1.54, 1.807) is 0 Å². The van der Waals surface area contributed by atoms with Crippen LogP contribution in [0.5, 0.6) is 0 Å². The summed E-state index contributed by atoms with van der Waals surface area (Å²) in [6, 6.07) is 19.0. The van der Waals surface area contributed by atoms with Crippen LogP contribution >= 0.6 is 0 Å². The predicted octanol–water partition coefficient (Wildman–Crippen LogP) is 3.95. The average Bonchev–Trinajstić information content (AvgIpc) is 3.50. The van der Waals surface area contributed by atoms with Gasteiger partial charge >= 0.3 is 6.09 Å². The molecule has 2 aromatic carbocycles. The second-order valence-electron chi connectivity index (χ2n) is 9.98. The second-order valence-corrected chi connectivity index (χ2v) is 12.0. The van der Waals surface area contributed by atoms with Gasteiger partial charge in [0, 0.05) is 25.9 Å². The maximum absolute atomic E-state index is 12.9. The third-order valence-electron chi connectivity index (χ3n) is 7.31. The van der Waals surface area contributed by atoms with Gasteiger partial charge in [-0.05, 0) is 30.4 Å². The molecule has 37 heavy (non-hydrogen) atoms. The van der Waals surface area contributed by atoms with Crippen LogP contribution in [0.4, 0.5) is 4.79 Å². The number of nitrogens with one attached hydrogen (secondary N) is 1. The molecule has 2 unspecified atom stereocenters. The Morgan fingerprint density at radius 1 is 1.03 bits per heavy atom. The minimum atomic E-state index is -3.42. The fourth-order valence-electron chi connectivity index (χ4n) is 5.21. The van der Waals surface area contributed by atoms with Crippen molar-refractivity contribution in [3.05, 3.63) is 71.8 Å². The minimum Gasteiger partial charge on any atom is -0.392 e. The molecule has 9 nitrogen and oxygen atoms in total. The number of ether oxygens (including phenoxy) is 2. The topological polar surface area (TPSA) is 107 Å². The molecule has 2 aliphatic heterocycles. The summed E-state index contributed by atoms with van der Waals surface area (Å²) in [6.45, 7) is 1.18. The number of nitrogens with zero attached hydrogens (tertiary/aromatic N) is 2. The van der Waals surface area contributed by atoms with Crippen molar-refractivity contribution in [2.45, 2.75) is 68.6 Å². The Labute approximate surface area is 217 Å². The first-order valence-electron chi connectivity index (χ1n) is 12.8. The van der Waals surface area contributed by atoms with E-state index in [0.717, 1.165) is 30.4 Å². The van der Waals surface area contributed by atoms with Crippen molar-refractivity contribution in [1.29, 1.82) is 0 Å². The van der Waals surface area contributed by atoms with Gasteiger partial charge in [-0.2, -0.15) is 0 Å². The normalized spacial score (nSPS) is 23.4. The van der Waals surface area contributed by atoms with Crippen LogP contribution in [0.2, 0.25) is 0 Å². The van der Waals surface area contributed by atoms with Gasteiger partial charge in [0.2, 0.25) is 15.9 Å². The molecule has 1 amide bonds. The summed E-state index contributed by atoms with van der Waals surface area (Å²) < 4.78 is 38.8. The monoisotopic (exact) mass is 527 g/mol. The standard InChI is InChI=1S/C27H33N3O6S/c31-26(28-23-12-7-13-24(23)34-19-21-8-3-1-4-9-21)35-25-18-27(36-29-25)14-16-30(17-15-27)37(32,33)20-22-10-5-2-6-11-22/h1-6,8-11,23-24H,7,12-20H2,(H,28,31).